The maximum Gasteiger partial charge on any atom is 0.115 e. The maximum absolute atomic E-state index is 9.10. The van der Waals surface area contributed by atoms with E-state index in [1.807, 2.05) is 23.6 Å². The van der Waals surface area contributed by atoms with Crippen LogP contribution in [0.4, 0.5) is 0 Å². The third-order valence-corrected chi connectivity index (χ3v) is 4.11. The van der Waals surface area contributed by atoms with E-state index in [2.05, 4.69) is 5.41 Å². The SMILES string of the molecule is Oc1ccc([SH]2C=CC(Cl)=C2)cc1.[Cu]. The molecule has 0 amide bonds. The van der Waals surface area contributed by atoms with E-state index in [1.165, 1.54) is 4.90 Å². The van der Waals surface area contributed by atoms with Gasteiger partial charge < -0.3 is 5.11 Å². The van der Waals surface area contributed by atoms with Crippen LogP contribution >= 0.6 is 22.5 Å². The molecule has 0 aromatic heterocycles. The van der Waals surface area contributed by atoms with Crippen LogP contribution < -0.4 is 0 Å². The summed E-state index contributed by atoms with van der Waals surface area (Å²) in [6.45, 7) is 0. The average molecular weight is 276 g/mol. The van der Waals surface area contributed by atoms with Crippen molar-refractivity contribution in [3.63, 3.8) is 0 Å². The molecule has 2 rings (SSSR count). The van der Waals surface area contributed by atoms with Gasteiger partial charge in [-0.1, -0.05) is 11.6 Å². The van der Waals surface area contributed by atoms with Crippen molar-refractivity contribution in [1.82, 2.24) is 0 Å². The largest absolute Gasteiger partial charge is 0.508 e. The number of aromatic hydroxyl groups is 1. The van der Waals surface area contributed by atoms with Crippen LogP contribution in [-0.2, 0) is 17.1 Å². The molecule has 0 bridgehead atoms. The van der Waals surface area contributed by atoms with Crippen molar-refractivity contribution in [1.29, 1.82) is 0 Å². The summed E-state index contributed by atoms with van der Waals surface area (Å²) in [5.74, 6) is 0.303. The Labute approximate surface area is 101 Å². The van der Waals surface area contributed by atoms with Crippen LogP contribution in [0, 0.1) is 0 Å². The quantitative estimate of drug-likeness (QED) is 0.595. The maximum atomic E-state index is 9.10. The second-order valence-electron chi connectivity index (χ2n) is 2.75. The van der Waals surface area contributed by atoms with E-state index in [1.54, 1.807) is 12.1 Å². The molecule has 1 aromatic carbocycles. The van der Waals surface area contributed by atoms with Gasteiger partial charge in [0.05, 0.1) is 0 Å². The fraction of sp³-hybridized carbons (Fsp3) is 0. The van der Waals surface area contributed by atoms with Gasteiger partial charge in [-0.3, -0.25) is 0 Å². The number of hydrogen-bond donors (Lipinski definition) is 2. The monoisotopic (exact) mass is 275 g/mol. The van der Waals surface area contributed by atoms with Crippen LogP contribution in [0.1, 0.15) is 0 Å². The van der Waals surface area contributed by atoms with Gasteiger partial charge in [-0.05, 0) is 46.1 Å². The Bertz CT molecular complexity index is 372. The topological polar surface area (TPSA) is 20.2 Å². The summed E-state index contributed by atoms with van der Waals surface area (Å²) >= 11 is 5.83. The number of thiol groups is 1. The van der Waals surface area contributed by atoms with Crippen molar-refractivity contribution in [2.24, 2.45) is 0 Å². The second kappa shape index (κ2) is 4.94. The average Bonchev–Trinajstić information content (AvgIpc) is 2.53. The first-order valence-corrected chi connectivity index (χ1v) is 5.74. The molecule has 0 saturated carbocycles. The van der Waals surface area contributed by atoms with Crippen LogP contribution in [0.3, 0.4) is 0 Å². The summed E-state index contributed by atoms with van der Waals surface area (Å²) in [4.78, 5) is 1.21. The first-order valence-electron chi connectivity index (χ1n) is 3.88. The Morgan fingerprint density at radius 2 is 1.79 bits per heavy atom. The summed E-state index contributed by atoms with van der Waals surface area (Å²) < 4.78 is 0. The molecule has 1 aliphatic rings. The van der Waals surface area contributed by atoms with E-state index in [9.17, 15) is 0 Å². The number of hydrogen-bond acceptors (Lipinski definition) is 1. The molecular weight excluding hydrogens is 267 g/mol. The van der Waals surface area contributed by atoms with E-state index in [4.69, 9.17) is 16.7 Å². The normalized spacial score (nSPS) is 21.5. The predicted molar refractivity (Wildman–Crippen MR) is 58.4 cm³/mol. The van der Waals surface area contributed by atoms with E-state index in [-0.39, 0.29) is 28.0 Å². The van der Waals surface area contributed by atoms with Gasteiger partial charge in [0.25, 0.3) is 0 Å². The Balaban J connectivity index is 0.000000980. The van der Waals surface area contributed by atoms with Crippen molar-refractivity contribution in [3.8, 4) is 5.75 Å². The molecule has 0 saturated heterocycles. The van der Waals surface area contributed by atoms with E-state index < -0.39 is 0 Å². The van der Waals surface area contributed by atoms with Gasteiger partial charge in [0.1, 0.15) is 5.75 Å². The molecule has 1 N–H and O–H groups in total. The number of allylic oxidation sites excluding steroid dienone is 2. The molecule has 1 aliphatic heterocycles. The number of phenols is 1. The first-order chi connectivity index (χ1) is 6.25. The Morgan fingerprint density at radius 3 is 2.29 bits per heavy atom. The molecule has 1 radical (unpaired) electrons. The first kappa shape index (κ1) is 11.7. The fourth-order valence-corrected chi connectivity index (χ4v) is 3.20. The summed E-state index contributed by atoms with van der Waals surface area (Å²) in [6.07, 6.45) is 1.92. The Hall–Kier alpha value is -0.341. The zero-order valence-electron chi connectivity index (χ0n) is 7.12. The van der Waals surface area contributed by atoms with Crippen molar-refractivity contribution < 1.29 is 22.2 Å². The third-order valence-electron chi connectivity index (χ3n) is 1.80. The van der Waals surface area contributed by atoms with Crippen LogP contribution in [0.15, 0.2) is 51.1 Å². The van der Waals surface area contributed by atoms with Gasteiger partial charge in [-0.2, -0.15) is 10.9 Å². The minimum atomic E-state index is -0.378. The minimum Gasteiger partial charge on any atom is -0.508 e. The smallest absolute Gasteiger partial charge is 0.115 e. The van der Waals surface area contributed by atoms with Crippen LogP contribution in [0.5, 0.6) is 5.75 Å². The van der Waals surface area contributed by atoms with E-state index in [0.717, 1.165) is 5.03 Å². The van der Waals surface area contributed by atoms with Gasteiger partial charge in [0.15, 0.2) is 0 Å². The molecule has 1 aromatic rings. The van der Waals surface area contributed by atoms with Gasteiger partial charge in [-0.15, -0.1) is 0 Å². The molecule has 0 aliphatic carbocycles. The second-order valence-corrected chi connectivity index (χ2v) is 5.08. The summed E-state index contributed by atoms with van der Waals surface area (Å²) in [5, 5.41) is 14.1. The zero-order chi connectivity index (χ0) is 9.26. The standard InChI is InChI=1S/C10H9ClOS.Cu/c11-8-5-6-13(7-8)10-3-1-9(12)2-4-10;/h1-7,12-13H;. The third kappa shape index (κ3) is 2.58. The van der Waals surface area contributed by atoms with Gasteiger partial charge in [0, 0.05) is 22.1 Å². The predicted octanol–water partition coefficient (Wildman–Crippen LogP) is 3.36. The molecule has 1 nitrogen and oxygen atoms in total. The minimum absolute atomic E-state index is 0. The van der Waals surface area contributed by atoms with Crippen molar-refractivity contribution in [3.05, 3.63) is 46.2 Å². The number of phenolic OH excluding ortho intramolecular Hbond substituents is 1. The van der Waals surface area contributed by atoms with Crippen molar-refractivity contribution in [2.75, 3.05) is 0 Å². The van der Waals surface area contributed by atoms with Crippen LogP contribution in [0.25, 0.3) is 0 Å². The molecule has 79 valence electrons. The molecule has 1 unspecified atom stereocenters. The molecule has 1 heterocycles. The molecule has 14 heavy (non-hydrogen) atoms. The summed E-state index contributed by atoms with van der Waals surface area (Å²) in [7, 11) is -0.378. The molecule has 4 heteroatoms. The number of benzene rings is 1. The van der Waals surface area contributed by atoms with Gasteiger partial charge >= 0.3 is 0 Å². The van der Waals surface area contributed by atoms with Crippen LogP contribution in [0.2, 0.25) is 0 Å². The van der Waals surface area contributed by atoms with E-state index >= 15 is 0 Å². The molecule has 1 atom stereocenters. The molecule has 0 spiro atoms. The summed E-state index contributed by atoms with van der Waals surface area (Å²) in [5.41, 5.74) is 0. The number of rotatable bonds is 1. The number of halogens is 1. The van der Waals surface area contributed by atoms with Crippen molar-refractivity contribution in [2.45, 2.75) is 4.90 Å². The van der Waals surface area contributed by atoms with Crippen LogP contribution in [-0.4, -0.2) is 5.11 Å². The van der Waals surface area contributed by atoms with Gasteiger partial charge in [-0.25, -0.2) is 0 Å². The molecule has 0 fully saturated rings. The Kier molecular flexibility index (Phi) is 4.14. The van der Waals surface area contributed by atoms with Crippen molar-refractivity contribution >= 4 is 22.5 Å². The summed E-state index contributed by atoms with van der Waals surface area (Å²) in [6, 6.07) is 7.26. The Morgan fingerprint density at radius 1 is 1.14 bits per heavy atom. The fourth-order valence-electron chi connectivity index (χ4n) is 1.16. The molecular formula is C10H9ClCuOS. The van der Waals surface area contributed by atoms with E-state index in [0.29, 0.717) is 5.75 Å². The zero-order valence-corrected chi connectivity index (χ0v) is 9.71. The van der Waals surface area contributed by atoms with Gasteiger partial charge in [0.2, 0.25) is 0 Å².